The lowest BCUT2D eigenvalue weighted by Crippen LogP contribution is -2.43. The lowest BCUT2D eigenvalue weighted by molar-refractivity contribution is -0.122. The van der Waals surface area contributed by atoms with Crippen LogP contribution in [-0.4, -0.2) is 22.7 Å². The lowest BCUT2D eigenvalue weighted by Gasteiger charge is -2.31. The number of rotatable bonds is 6. The van der Waals surface area contributed by atoms with Crippen LogP contribution in [0.5, 0.6) is 5.75 Å². The third-order valence-electron chi connectivity index (χ3n) is 5.37. The maximum atomic E-state index is 13.1. The van der Waals surface area contributed by atoms with Crippen LogP contribution in [0.15, 0.2) is 66.7 Å². The van der Waals surface area contributed by atoms with Gasteiger partial charge in [0.25, 0.3) is 0 Å². The first-order chi connectivity index (χ1) is 14.0. The van der Waals surface area contributed by atoms with Crippen molar-refractivity contribution in [3.63, 3.8) is 0 Å². The average Bonchev–Trinajstić information content (AvgIpc) is 2.72. The number of carbonyl (C=O) groups is 1. The van der Waals surface area contributed by atoms with Gasteiger partial charge in [-0.1, -0.05) is 30.3 Å². The highest BCUT2D eigenvalue weighted by Gasteiger charge is 2.25. The number of aryl methyl sites for hydroxylation is 1. The number of hydrogen-bond acceptors (Lipinski definition) is 3. The van der Waals surface area contributed by atoms with Gasteiger partial charge in [-0.15, -0.1) is 0 Å². The normalized spacial score (nSPS) is 14.6. The summed E-state index contributed by atoms with van der Waals surface area (Å²) in [5.41, 5.74) is 4.49. The van der Waals surface area contributed by atoms with E-state index in [1.165, 1.54) is 12.1 Å². The highest BCUT2D eigenvalue weighted by molar-refractivity contribution is 5.99. The fourth-order valence-corrected chi connectivity index (χ4v) is 3.61. The summed E-state index contributed by atoms with van der Waals surface area (Å²) in [5, 5.41) is 20.1. The standard InChI is InChI=1S/C24H22FNO3/c25-19-6-1-17(2-7-19)23(28)12-5-18-15-20(26-14-13-24(26)29)8-11-22(18)16-3-9-21(27)10-4-16/h1-4,6-11,15,23,27-28H,5,12-14H2. The number of aliphatic hydroxyl groups is 1. The van der Waals surface area contributed by atoms with Gasteiger partial charge >= 0.3 is 0 Å². The number of β-lactam (4-membered cyclic amide) rings is 1. The van der Waals surface area contributed by atoms with Crippen molar-refractivity contribution >= 4 is 11.6 Å². The Morgan fingerprint density at radius 3 is 2.34 bits per heavy atom. The molecule has 3 aromatic carbocycles. The van der Waals surface area contributed by atoms with E-state index in [-0.39, 0.29) is 17.5 Å². The van der Waals surface area contributed by atoms with E-state index in [0.29, 0.717) is 24.8 Å². The molecule has 1 fully saturated rings. The van der Waals surface area contributed by atoms with Crippen molar-refractivity contribution in [2.75, 3.05) is 11.4 Å². The number of nitrogens with zero attached hydrogens (tertiary/aromatic N) is 1. The first-order valence-electron chi connectivity index (χ1n) is 9.67. The Balaban J connectivity index is 1.61. The Morgan fingerprint density at radius 2 is 1.72 bits per heavy atom. The van der Waals surface area contributed by atoms with Crippen LogP contribution in [0.3, 0.4) is 0 Å². The van der Waals surface area contributed by atoms with Crippen LogP contribution >= 0.6 is 0 Å². The average molecular weight is 391 g/mol. The molecule has 0 bridgehead atoms. The van der Waals surface area contributed by atoms with Crippen LogP contribution < -0.4 is 4.90 Å². The summed E-state index contributed by atoms with van der Waals surface area (Å²) in [4.78, 5) is 13.6. The molecule has 0 aliphatic carbocycles. The number of phenolic OH excluding ortho intramolecular Hbond substituents is 1. The van der Waals surface area contributed by atoms with Crippen LogP contribution in [0.1, 0.15) is 30.1 Å². The summed E-state index contributed by atoms with van der Waals surface area (Å²) >= 11 is 0. The van der Waals surface area contributed by atoms with Crippen molar-refractivity contribution < 1.29 is 19.4 Å². The molecule has 3 aromatic rings. The third kappa shape index (κ3) is 4.15. The Bertz CT molecular complexity index is 1020. The molecule has 4 rings (SSSR count). The minimum atomic E-state index is -0.711. The van der Waals surface area contributed by atoms with Crippen molar-refractivity contribution in [1.82, 2.24) is 0 Å². The SMILES string of the molecule is O=C1CCN1c1ccc(-c2ccc(O)cc2)c(CCC(O)c2ccc(F)cc2)c1. The minimum absolute atomic E-state index is 0.111. The fourth-order valence-electron chi connectivity index (χ4n) is 3.61. The number of halogens is 1. The molecule has 1 aliphatic heterocycles. The molecule has 2 N–H and O–H groups in total. The van der Waals surface area contributed by atoms with Gasteiger partial charge in [-0.2, -0.15) is 0 Å². The van der Waals surface area contributed by atoms with Gasteiger partial charge in [0.15, 0.2) is 0 Å². The zero-order chi connectivity index (χ0) is 20.4. The Hall–Kier alpha value is -3.18. The van der Waals surface area contributed by atoms with Gasteiger partial charge in [0.1, 0.15) is 11.6 Å². The van der Waals surface area contributed by atoms with E-state index in [1.54, 1.807) is 29.2 Å². The maximum Gasteiger partial charge on any atom is 0.228 e. The predicted octanol–water partition coefficient (Wildman–Crippen LogP) is 4.60. The van der Waals surface area contributed by atoms with Crippen LogP contribution in [0.2, 0.25) is 0 Å². The summed E-state index contributed by atoms with van der Waals surface area (Å²) in [6.07, 6.45) is 0.912. The number of aliphatic hydroxyl groups excluding tert-OH is 1. The number of aromatic hydroxyl groups is 1. The molecule has 1 heterocycles. The molecule has 1 aliphatic rings. The molecule has 148 valence electrons. The molecule has 1 atom stereocenters. The molecule has 4 nitrogen and oxygen atoms in total. The topological polar surface area (TPSA) is 60.8 Å². The predicted molar refractivity (Wildman–Crippen MR) is 110 cm³/mol. The Labute approximate surface area is 168 Å². The Morgan fingerprint density at radius 1 is 1.00 bits per heavy atom. The summed E-state index contributed by atoms with van der Waals surface area (Å²) in [6.45, 7) is 0.717. The van der Waals surface area contributed by atoms with Crippen LogP contribution in [0, 0.1) is 5.82 Å². The van der Waals surface area contributed by atoms with Crippen LogP contribution in [0.25, 0.3) is 11.1 Å². The molecule has 0 aromatic heterocycles. The zero-order valence-corrected chi connectivity index (χ0v) is 15.9. The molecular weight excluding hydrogens is 369 g/mol. The Kier molecular flexibility index (Phi) is 5.32. The molecule has 1 saturated heterocycles. The molecule has 29 heavy (non-hydrogen) atoms. The van der Waals surface area contributed by atoms with Crippen molar-refractivity contribution in [3.05, 3.63) is 83.7 Å². The van der Waals surface area contributed by atoms with Gasteiger partial charge in [-0.05, 0) is 71.5 Å². The summed E-state index contributed by atoms with van der Waals surface area (Å²) in [5.74, 6) is -0.0213. The number of anilines is 1. The number of hydrogen-bond donors (Lipinski definition) is 2. The first-order valence-corrected chi connectivity index (χ1v) is 9.67. The van der Waals surface area contributed by atoms with Gasteiger partial charge in [0.05, 0.1) is 6.10 Å². The van der Waals surface area contributed by atoms with E-state index in [2.05, 4.69) is 0 Å². The van der Waals surface area contributed by atoms with E-state index in [0.717, 1.165) is 28.9 Å². The second kappa shape index (κ2) is 8.05. The van der Waals surface area contributed by atoms with Gasteiger partial charge in [-0.25, -0.2) is 4.39 Å². The minimum Gasteiger partial charge on any atom is -0.508 e. The van der Waals surface area contributed by atoms with Gasteiger partial charge in [0, 0.05) is 18.7 Å². The summed E-state index contributed by atoms with van der Waals surface area (Å²) < 4.78 is 13.1. The van der Waals surface area contributed by atoms with E-state index in [4.69, 9.17) is 0 Å². The monoisotopic (exact) mass is 391 g/mol. The van der Waals surface area contributed by atoms with Crippen molar-refractivity contribution in [1.29, 1.82) is 0 Å². The fraction of sp³-hybridized carbons (Fsp3) is 0.208. The van der Waals surface area contributed by atoms with Crippen LogP contribution in [0.4, 0.5) is 10.1 Å². The van der Waals surface area contributed by atoms with Crippen LogP contribution in [-0.2, 0) is 11.2 Å². The van der Waals surface area contributed by atoms with Crippen molar-refractivity contribution in [3.8, 4) is 16.9 Å². The molecular formula is C24H22FNO3. The highest BCUT2D eigenvalue weighted by atomic mass is 19.1. The largest absolute Gasteiger partial charge is 0.508 e. The molecule has 1 amide bonds. The maximum absolute atomic E-state index is 13.1. The van der Waals surface area contributed by atoms with Gasteiger partial charge in [0.2, 0.25) is 5.91 Å². The van der Waals surface area contributed by atoms with Crippen molar-refractivity contribution in [2.24, 2.45) is 0 Å². The zero-order valence-electron chi connectivity index (χ0n) is 15.9. The number of benzene rings is 3. The lowest BCUT2D eigenvalue weighted by atomic mass is 9.93. The highest BCUT2D eigenvalue weighted by Crippen LogP contribution is 2.33. The molecule has 0 radical (unpaired) electrons. The first kappa shape index (κ1) is 19.2. The van der Waals surface area contributed by atoms with E-state index in [9.17, 15) is 19.4 Å². The summed E-state index contributed by atoms with van der Waals surface area (Å²) in [6, 6.07) is 18.7. The third-order valence-corrected chi connectivity index (χ3v) is 5.37. The molecule has 0 saturated carbocycles. The number of phenols is 1. The van der Waals surface area contributed by atoms with E-state index in [1.807, 2.05) is 30.3 Å². The number of carbonyl (C=O) groups excluding carboxylic acids is 1. The number of amides is 1. The summed E-state index contributed by atoms with van der Waals surface area (Å²) in [7, 11) is 0. The quantitative estimate of drug-likeness (QED) is 0.604. The van der Waals surface area contributed by atoms with E-state index >= 15 is 0 Å². The van der Waals surface area contributed by atoms with E-state index < -0.39 is 6.10 Å². The smallest absolute Gasteiger partial charge is 0.228 e. The molecule has 0 spiro atoms. The molecule has 5 heteroatoms. The second-order valence-corrected chi connectivity index (χ2v) is 7.29. The van der Waals surface area contributed by atoms with Crippen molar-refractivity contribution in [2.45, 2.75) is 25.4 Å². The van der Waals surface area contributed by atoms with Gasteiger partial charge < -0.3 is 15.1 Å². The molecule has 1 unspecified atom stereocenters. The second-order valence-electron chi connectivity index (χ2n) is 7.29. The van der Waals surface area contributed by atoms with Gasteiger partial charge in [-0.3, -0.25) is 4.79 Å².